The summed E-state index contributed by atoms with van der Waals surface area (Å²) in [6.07, 6.45) is 16.7. The molecule has 1 unspecified atom stereocenters. The molecule has 16 nitrogen and oxygen atoms in total. The molecular formula is C50H51N13O3S. The number of pyridine rings is 2. The lowest BCUT2D eigenvalue weighted by molar-refractivity contribution is 0.513. The first-order valence-electron chi connectivity index (χ1n) is 22.9. The third-order valence-corrected chi connectivity index (χ3v) is 13.7. The molecule has 67 heavy (non-hydrogen) atoms. The molecule has 6 aromatic rings. The van der Waals surface area contributed by atoms with E-state index in [0.29, 0.717) is 28.3 Å². The Labute approximate surface area is 391 Å². The monoisotopic (exact) mass is 913 g/mol. The van der Waals surface area contributed by atoms with Gasteiger partial charge in [-0.1, -0.05) is 37.8 Å². The number of hydrogen-bond donors (Lipinski definition) is 0. The number of rotatable bonds is 6. The van der Waals surface area contributed by atoms with Gasteiger partial charge in [0.15, 0.2) is 5.69 Å². The number of benzene rings is 2. The fourth-order valence-electron chi connectivity index (χ4n) is 9.47. The second-order valence-electron chi connectivity index (χ2n) is 17.2. The molecule has 2 saturated heterocycles. The maximum absolute atomic E-state index is 13.0. The molecule has 2 aliphatic heterocycles. The van der Waals surface area contributed by atoms with E-state index in [2.05, 4.69) is 40.6 Å². The summed E-state index contributed by atoms with van der Waals surface area (Å²) in [5.41, 5.74) is 4.54. The quantitative estimate of drug-likeness (QED) is 0.116. The number of aromatic nitrogens is 6. The number of piperidine rings is 1. The smallest absolute Gasteiger partial charge is 0.270 e. The summed E-state index contributed by atoms with van der Waals surface area (Å²) in [7, 11) is -1.31. The zero-order chi connectivity index (χ0) is 46.9. The first kappa shape index (κ1) is 46.1. The highest BCUT2D eigenvalue weighted by molar-refractivity contribution is 7.84. The molecule has 17 heteroatoms. The standard InChI is InChI=1S/C24H23N7O.C14H14N4O2S.C12H14N2/c1-26-19-6-8-20(9-7-19)29-10-12-30(13-11-29)24-27-16-18-14-17(15-25)23(32)31(22(18)28-24)21-4-2-3-5-21;1-21(20)14-16-8-10-6-9(7-15)13(19)18(12(10)17-14)11-4-2-3-5-11;13-10-11-4-6-12(7-5-11)14-8-2-1-3-9-14/h6-9,14,16,21H,2-5,10-13H2;6,8,11H,2-5H2,1H3;4-7H,1-3,8-9H2. The molecule has 1 atom stereocenters. The van der Waals surface area contributed by atoms with E-state index >= 15 is 0 Å². The fourth-order valence-corrected chi connectivity index (χ4v) is 9.89. The summed E-state index contributed by atoms with van der Waals surface area (Å²) in [6, 6.07) is 24.9. The van der Waals surface area contributed by atoms with Gasteiger partial charge in [-0.15, -0.1) is 0 Å². The fraction of sp³-hybridized carbons (Fsp3) is 0.400. The Morgan fingerprint density at radius 1 is 0.612 bits per heavy atom. The van der Waals surface area contributed by atoms with E-state index in [1.165, 1.54) is 43.5 Å². The predicted molar refractivity (Wildman–Crippen MR) is 259 cm³/mol. The van der Waals surface area contributed by atoms with Gasteiger partial charge in [-0.25, -0.2) is 19.8 Å². The minimum absolute atomic E-state index is 0.0568. The van der Waals surface area contributed by atoms with Crippen LogP contribution in [0.25, 0.3) is 26.9 Å². The van der Waals surface area contributed by atoms with E-state index in [-0.39, 0.29) is 39.5 Å². The Kier molecular flexibility index (Phi) is 14.6. The topological polar surface area (TPSA) is 198 Å². The average Bonchev–Trinajstić information content (AvgIpc) is 4.13. The van der Waals surface area contributed by atoms with Gasteiger partial charge in [0.2, 0.25) is 11.1 Å². The van der Waals surface area contributed by atoms with Gasteiger partial charge in [0.1, 0.15) is 34.6 Å². The summed E-state index contributed by atoms with van der Waals surface area (Å²) in [5, 5.41) is 28.8. The lowest BCUT2D eigenvalue weighted by Crippen LogP contribution is -2.47. The molecule has 0 radical (unpaired) electrons. The number of anilines is 3. The van der Waals surface area contributed by atoms with Crippen LogP contribution in [0.2, 0.25) is 0 Å². The lowest BCUT2D eigenvalue weighted by atomic mass is 10.1. The van der Waals surface area contributed by atoms with Crippen molar-refractivity contribution in [2.45, 2.75) is 87.9 Å². The summed E-state index contributed by atoms with van der Waals surface area (Å²) >= 11 is 0. The van der Waals surface area contributed by atoms with Gasteiger partial charge in [0, 0.05) is 92.1 Å². The zero-order valence-corrected chi connectivity index (χ0v) is 38.4. The van der Waals surface area contributed by atoms with E-state index < -0.39 is 10.8 Å². The third-order valence-electron chi connectivity index (χ3n) is 13.0. The molecule has 2 aromatic carbocycles. The molecule has 6 heterocycles. The minimum atomic E-state index is -1.31. The van der Waals surface area contributed by atoms with Crippen molar-refractivity contribution in [1.29, 1.82) is 15.8 Å². The van der Waals surface area contributed by atoms with Crippen LogP contribution in [-0.2, 0) is 10.8 Å². The van der Waals surface area contributed by atoms with Crippen LogP contribution in [0.4, 0.5) is 23.0 Å². The highest BCUT2D eigenvalue weighted by atomic mass is 32.2. The van der Waals surface area contributed by atoms with Gasteiger partial charge in [0.25, 0.3) is 11.1 Å². The van der Waals surface area contributed by atoms with Crippen LogP contribution in [0.15, 0.2) is 87.8 Å². The lowest BCUT2D eigenvalue weighted by Gasteiger charge is -2.36. The summed E-state index contributed by atoms with van der Waals surface area (Å²) in [4.78, 5) is 53.5. The Hall–Kier alpha value is -7.47. The van der Waals surface area contributed by atoms with Crippen LogP contribution in [0.1, 0.15) is 99.4 Å². The summed E-state index contributed by atoms with van der Waals surface area (Å²) < 4.78 is 14.9. The van der Waals surface area contributed by atoms with Gasteiger partial charge in [-0.3, -0.25) is 22.9 Å². The van der Waals surface area contributed by atoms with E-state index in [1.54, 1.807) is 21.4 Å². The summed E-state index contributed by atoms with van der Waals surface area (Å²) in [6.45, 7) is 12.6. The second kappa shape index (κ2) is 21.2. The highest BCUT2D eigenvalue weighted by Gasteiger charge is 2.26. The SMILES string of the molecule is CS(=O)c1ncc2cc(C#N)c(=O)n(C3CCCC3)c2n1.N#Cc1ccc(N2CCCCC2)cc1.[C-]#[N+]c1ccc(N2CCN(c3ncc4cc(C#N)c(=O)n(C5CCCC5)c4n3)CC2)cc1. The van der Waals surface area contributed by atoms with Crippen LogP contribution in [-0.4, -0.2) is 78.8 Å². The molecular weight excluding hydrogens is 863 g/mol. The Morgan fingerprint density at radius 2 is 1.09 bits per heavy atom. The number of nitrogens with zero attached hydrogens (tertiary/aromatic N) is 13. The average molecular weight is 914 g/mol. The van der Waals surface area contributed by atoms with Gasteiger partial charge in [0.05, 0.1) is 29.0 Å². The van der Waals surface area contributed by atoms with Crippen molar-refractivity contribution in [3.63, 3.8) is 0 Å². The predicted octanol–water partition coefficient (Wildman–Crippen LogP) is 7.72. The van der Waals surface area contributed by atoms with Crippen LogP contribution in [0, 0.1) is 40.6 Å². The zero-order valence-electron chi connectivity index (χ0n) is 37.6. The molecule has 340 valence electrons. The maximum atomic E-state index is 13.0. The van der Waals surface area contributed by atoms with E-state index in [1.807, 2.05) is 60.7 Å². The van der Waals surface area contributed by atoms with Gasteiger partial charge < -0.3 is 14.7 Å². The van der Waals surface area contributed by atoms with Crippen molar-refractivity contribution in [2.75, 3.05) is 60.2 Å². The van der Waals surface area contributed by atoms with Crippen molar-refractivity contribution in [2.24, 2.45) is 0 Å². The van der Waals surface area contributed by atoms with E-state index in [4.69, 9.17) is 22.1 Å². The number of hydrogen-bond acceptors (Lipinski definition) is 13. The number of nitriles is 3. The highest BCUT2D eigenvalue weighted by Crippen LogP contribution is 2.32. The maximum Gasteiger partial charge on any atom is 0.270 e. The van der Waals surface area contributed by atoms with Crippen LogP contribution >= 0.6 is 0 Å². The molecule has 2 saturated carbocycles. The van der Waals surface area contributed by atoms with Crippen molar-refractivity contribution in [1.82, 2.24) is 29.1 Å². The van der Waals surface area contributed by atoms with Crippen LogP contribution < -0.4 is 25.8 Å². The molecule has 4 aromatic heterocycles. The van der Waals surface area contributed by atoms with Crippen molar-refractivity contribution >= 4 is 55.9 Å². The van der Waals surface area contributed by atoms with Gasteiger partial charge in [-0.2, -0.15) is 20.8 Å². The first-order valence-corrected chi connectivity index (χ1v) is 24.5. The van der Waals surface area contributed by atoms with Crippen LogP contribution in [0.5, 0.6) is 0 Å². The van der Waals surface area contributed by atoms with Gasteiger partial charge in [-0.05, 0) is 93.5 Å². The number of piperazine rings is 1. The Bertz CT molecular complexity index is 3060. The van der Waals surface area contributed by atoms with E-state index in [0.717, 1.165) is 107 Å². The van der Waals surface area contributed by atoms with Crippen molar-refractivity contribution < 1.29 is 4.21 Å². The minimum Gasteiger partial charge on any atom is -0.372 e. The Balaban J connectivity index is 0.000000149. The molecule has 0 N–H and O–H groups in total. The third kappa shape index (κ3) is 10.3. The molecule has 0 spiro atoms. The molecule has 0 bridgehead atoms. The summed E-state index contributed by atoms with van der Waals surface area (Å²) in [5.74, 6) is 0.622. The molecule has 2 aliphatic carbocycles. The van der Waals surface area contributed by atoms with E-state index in [9.17, 15) is 19.1 Å². The first-order chi connectivity index (χ1) is 32.7. The largest absolute Gasteiger partial charge is 0.372 e. The Morgan fingerprint density at radius 3 is 1.58 bits per heavy atom. The number of fused-ring (bicyclic) bond motifs is 2. The molecule has 10 rings (SSSR count). The van der Waals surface area contributed by atoms with Crippen molar-refractivity contribution in [3.05, 3.63) is 122 Å². The van der Waals surface area contributed by atoms with Crippen LogP contribution in [0.3, 0.4) is 0 Å². The second-order valence-corrected chi connectivity index (χ2v) is 18.5. The molecule has 4 fully saturated rings. The molecule has 4 aliphatic rings. The molecule has 0 amide bonds. The van der Waals surface area contributed by atoms with Crippen molar-refractivity contribution in [3.8, 4) is 18.2 Å². The van der Waals surface area contributed by atoms with Gasteiger partial charge >= 0.3 is 0 Å². The normalized spacial score (nSPS) is 16.8.